The summed E-state index contributed by atoms with van der Waals surface area (Å²) in [5, 5.41) is 0. The number of hydrogen-bond donors (Lipinski definition) is 0. The van der Waals surface area contributed by atoms with E-state index in [-0.39, 0.29) is 11.7 Å². The number of carbonyl (C=O) groups excluding carboxylic acids is 1. The fraction of sp³-hybridized carbons (Fsp3) is 0.500. The first-order valence-corrected chi connectivity index (χ1v) is 8.95. The van der Waals surface area contributed by atoms with Gasteiger partial charge in [0.25, 0.3) is 0 Å². The summed E-state index contributed by atoms with van der Waals surface area (Å²) in [6, 6.07) is 0. The Balaban J connectivity index is 2.87. The SMILES string of the molecule is C=CC1O[C@@]1(C)CC(C)/C(C)=C/C=C(C)\C=C(OC)\C(=C\C(=O)OC)OC. The molecule has 1 heterocycles. The highest BCUT2D eigenvalue weighted by atomic mass is 16.6. The van der Waals surface area contributed by atoms with Crippen LogP contribution in [0.4, 0.5) is 0 Å². The van der Waals surface area contributed by atoms with Gasteiger partial charge < -0.3 is 18.9 Å². The van der Waals surface area contributed by atoms with Crippen LogP contribution in [0, 0.1) is 5.92 Å². The summed E-state index contributed by atoms with van der Waals surface area (Å²) < 4.78 is 20.9. The number of hydrogen-bond acceptors (Lipinski definition) is 5. The van der Waals surface area contributed by atoms with E-state index in [0.717, 1.165) is 12.0 Å². The number of ether oxygens (including phenoxy) is 4. The molecule has 0 aliphatic carbocycles. The highest BCUT2D eigenvalue weighted by Gasteiger charge is 2.50. The lowest BCUT2D eigenvalue weighted by molar-refractivity contribution is -0.135. The van der Waals surface area contributed by atoms with Crippen molar-refractivity contribution in [2.24, 2.45) is 5.92 Å². The van der Waals surface area contributed by atoms with E-state index in [1.165, 1.54) is 33.0 Å². The van der Waals surface area contributed by atoms with E-state index >= 15 is 0 Å². The van der Waals surface area contributed by atoms with Gasteiger partial charge in [-0.3, -0.25) is 0 Å². The van der Waals surface area contributed by atoms with Crippen molar-refractivity contribution >= 4 is 5.97 Å². The summed E-state index contributed by atoms with van der Waals surface area (Å²) in [5.41, 5.74) is 2.13. The minimum absolute atomic E-state index is 0.0931. The molecule has 150 valence electrons. The Morgan fingerprint density at radius 2 is 1.70 bits per heavy atom. The maximum Gasteiger partial charge on any atom is 0.334 e. The van der Waals surface area contributed by atoms with Gasteiger partial charge in [-0.05, 0) is 44.8 Å². The molecule has 0 spiro atoms. The highest BCUT2D eigenvalue weighted by molar-refractivity contribution is 5.83. The molecule has 3 atom stereocenters. The van der Waals surface area contributed by atoms with Gasteiger partial charge in [-0.2, -0.15) is 0 Å². The van der Waals surface area contributed by atoms with Crippen LogP contribution in [0.3, 0.4) is 0 Å². The molecular weight excluding hydrogens is 344 g/mol. The Morgan fingerprint density at radius 1 is 1.11 bits per heavy atom. The summed E-state index contributed by atoms with van der Waals surface area (Å²) in [4.78, 5) is 11.4. The Kier molecular flexibility index (Phi) is 8.57. The van der Waals surface area contributed by atoms with Crippen LogP contribution in [0.15, 0.2) is 59.6 Å². The Hall–Kier alpha value is -2.27. The highest BCUT2D eigenvalue weighted by Crippen LogP contribution is 2.43. The topological polar surface area (TPSA) is 57.3 Å². The molecule has 0 aromatic heterocycles. The molecule has 1 aliphatic heterocycles. The van der Waals surface area contributed by atoms with Crippen LogP contribution in [0.25, 0.3) is 0 Å². The second-order valence-corrected chi connectivity index (χ2v) is 6.96. The number of epoxide rings is 1. The molecule has 0 bridgehead atoms. The summed E-state index contributed by atoms with van der Waals surface area (Å²) >= 11 is 0. The molecule has 0 aromatic carbocycles. The largest absolute Gasteiger partial charge is 0.493 e. The van der Waals surface area contributed by atoms with Crippen molar-refractivity contribution in [2.75, 3.05) is 21.3 Å². The number of allylic oxidation sites excluding steroid dienone is 5. The van der Waals surface area contributed by atoms with Gasteiger partial charge in [-0.25, -0.2) is 4.79 Å². The normalized spacial score (nSPS) is 24.9. The van der Waals surface area contributed by atoms with Crippen molar-refractivity contribution < 1.29 is 23.7 Å². The first-order valence-electron chi connectivity index (χ1n) is 8.95. The maximum absolute atomic E-state index is 11.4. The van der Waals surface area contributed by atoms with Crippen molar-refractivity contribution in [3.8, 4) is 0 Å². The molecular formula is C22H32O5. The molecule has 5 heteroatoms. The molecule has 0 N–H and O–H groups in total. The van der Waals surface area contributed by atoms with Gasteiger partial charge in [-0.15, -0.1) is 6.58 Å². The van der Waals surface area contributed by atoms with Gasteiger partial charge in [0.2, 0.25) is 0 Å². The molecule has 0 amide bonds. The van der Waals surface area contributed by atoms with Crippen molar-refractivity contribution in [3.63, 3.8) is 0 Å². The molecule has 0 saturated carbocycles. The maximum atomic E-state index is 11.4. The van der Waals surface area contributed by atoms with Crippen LogP contribution < -0.4 is 0 Å². The molecule has 0 aromatic rings. The Bertz CT molecular complexity index is 668. The zero-order chi connectivity index (χ0) is 20.6. The quantitative estimate of drug-likeness (QED) is 0.140. The minimum Gasteiger partial charge on any atom is -0.493 e. The number of esters is 1. The Labute approximate surface area is 163 Å². The number of rotatable bonds is 10. The van der Waals surface area contributed by atoms with Crippen molar-refractivity contribution in [2.45, 2.75) is 45.8 Å². The van der Waals surface area contributed by atoms with Crippen molar-refractivity contribution in [1.82, 2.24) is 0 Å². The third-order valence-corrected chi connectivity index (χ3v) is 4.74. The third kappa shape index (κ3) is 6.75. The third-order valence-electron chi connectivity index (χ3n) is 4.74. The van der Waals surface area contributed by atoms with Crippen molar-refractivity contribution in [1.29, 1.82) is 0 Å². The van der Waals surface area contributed by atoms with E-state index in [1.807, 2.05) is 25.2 Å². The first kappa shape index (κ1) is 22.8. The molecule has 5 nitrogen and oxygen atoms in total. The molecule has 1 fully saturated rings. The molecule has 1 rings (SSSR count). The smallest absolute Gasteiger partial charge is 0.334 e. The van der Waals surface area contributed by atoms with Gasteiger partial charge in [0.05, 0.1) is 33.0 Å². The zero-order valence-corrected chi connectivity index (χ0v) is 17.5. The summed E-state index contributed by atoms with van der Waals surface area (Å²) in [6.45, 7) is 12.2. The second kappa shape index (κ2) is 10.2. The van der Waals surface area contributed by atoms with Crippen molar-refractivity contribution in [3.05, 3.63) is 59.6 Å². The van der Waals surface area contributed by atoms with Gasteiger partial charge in [0.15, 0.2) is 11.5 Å². The lowest BCUT2D eigenvalue weighted by atomic mass is 9.89. The predicted octanol–water partition coefficient (Wildman–Crippen LogP) is 4.48. The van der Waals surface area contributed by atoms with Gasteiger partial charge in [0, 0.05) is 0 Å². The predicted molar refractivity (Wildman–Crippen MR) is 107 cm³/mol. The Morgan fingerprint density at radius 3 is 2.19 bits per heavy atom. The molecule has 27 heavy (non-hydrogen) atoms. The summed E-state index contributed by atoms with van der Waals surface area (Å²) in [5.74, 6) is 0.641. The van der Waals surface area contributed by atoms with E-state index < -0.39 is 5.97 Å². The fourth-order valence-electron chi connectivity index (χ4n) is 2.80. The van der Waals surface area contributed by atoms with E-state index in [0.29, 0.717) is 17.4 Å². The van der Waals surface area contributed by atoms with Gasteiger partial charge in [0.1, 0.15) is 6.10 Å². The van der Waals surface area contributed by atoms with Crippen LogP contribution in [-0.4, -0.2) is 39.0 Å². The number of methoxy groups -OCH3 is 3. The average molecular weight is 376 g/mol. The van der Waals surface area contributed by atoms with Crippen LogP contribution >= 0.6 is 0 Å². The fourth-order valence-corrected chi connectivity index (χ4v) is 2.80. The van der Waals surface area contributed by atoms with Gasteiger partial charge in [-0.1, -0.05) is 30.7 Å². The first-order chi connectivity index (χ1) is 12.7. The lowest BCUT2D eigenvalue weighted by Crippen LogP contribution is -2.14. The molecule has 1 aliphatic rings. The monoisotopic (exact) mass is 376 g/mol. The van der Waals surface area contributed by atoms with Crippen LogP contribution in [-0.2, 0) is 23.7 Å². The molecule has 0 radical (unpaired) electrons. The summed E-state index contributed by atoms with van der Waals surface area (Å²) in [6.07, 6.45) is 10.1. The zero-order valence-electron chi connectivity index (χ0n) is 17.5. The van der Waals surface area contributed by atoms with Crippen LogP contribution in [0.2, 0.25) is 0 Å². The van der Waals surface area contributed by atoms with Gasteiger partial charge >= 0.3 is 5.97 Å². The van der Waals surface area contributed by atoms with E-state index in [4.69, 9.17) is 14.2 Å². The number of carbonyl (C=O) groups is 1. The van der Waals surface area contributed by atoms with Crippen LogP contribution in [0.1, 0.15) is 34.1 Å². The van der Waals surface area contributed by atoms with E-state index in [2.05, 4.69) is 38.2 Å². The molecule has 1 saturated heterocycles. The standard InChI is InChI=1S/C22H32O5/c1-9-20-22(5,27-20)14-17(4)16(3)11-10-15(2)12-18(24-6)19(25-7)13-21(23)26-8/h9-13,17,20H,1,14H2,2-8H3/b15-10-,16-11+,18-12-,19-13-/t17?,20?,22-/m0/s1. The minimum atomic E-state index is -0.505. The van der Waals surface area contributed by atoms with Crippen LogP contribution in [0.5, 0.6) is 0 Å². The van der Waals surface area contributed by atoms with E-state index in [9.17, 15) is 4.79 Å². The summed E-state index contributed by atoms with van der Waals surface area (Å²) in [7, 11) is 4.31. The van der Waals surface area contributed by atoms with E-state index in [1.54, 1.807) is 0 Å². The second-order valence-electron chi connectivity index (χ2n) is 6.96. The lowest BCUT2D eigenvalue weighted by Gasteiger charge is -2.15. The molecule has 2 unspecified atom stereocenters. The average Bonchev–Trinajstić information content (AvgIpc) is 3.31.